The molecule has 156 valence electrons. The topological polar surface area (TPSA) is 78.3 Å². The van der Waals surface area contributed by atoms with Crippen molar-refractivity contribution in [1.82, 2.24) is 14.8 Å². The third-order valence-electron chi connectivity index (χ3n) is 4.54. The Labute approximate surface area is 183 Å². The number of carbonyl (C=O) groups excluding carboxylic acids is 1. The van der Waals surface area contributed by atoms with Gasteiger partial charge in [-0.3, -0.25) is 0 Å². The molecule has 1 aromatic heterocycles. The lowest BCUT2D eigenvalue weighted by Crippen LogP contribution is -2.30. The summed E-state index contributed by atoms with van der Waals surface area (Å²) in [4.78, 5) is 17.6. The Morgan fingerprint density at radius 3 is 2.86 bits per heavy atom. The van der Waals surface area contributed by atoms with Crippen molar-refractivity contribution in [3.63, 3.8) is 0 Å². The fraction of sp³-hybridized carbons (Fsp3) is 0.450. The summed E-state index contributed by atoms with van der Waals surface area (Å²) in [6.07, 6.45) is 1.78. The Morgan fingerprint density at radius 2 is 2.17 bits per heavy atom. The zero-order valence-electron chi connectivity index (χ0n) is 17.0. The molecule has 29 heavy (non-hydrogen) atoms. The van der Waals surface area contributed by atoms with E-state index < -0.39 is 6.04 Å². The van der Waals surface area contributed by atoms with Crippen LogP contribution in [0.1, 0.15) is 45.2 Å². The van der Waals surface area contributed by atoms with Crippen molar-refractivity contribution in [2.45, 2.75) is 44.8 Å². The number of nitrogens with one attached hydrogen (secondary N) is 1. The summed E-state index contributed by atoms with van der Waals surface area (Å²) in [5.41, 5.74) is 2.01. The molecule has 9 heteroatoms. The number of esters is 1. The van der Waals surface area contributed by atoms with E-state index in [4.69, 9.17) is 9.47 Å². The number of rotatable bonds is 8. The van der Waals surface area contributed by atoms with Gasteiger partial charge in [0, 0.05) is 15.7 Å². The monoisotopic (exact) mass is 480 g/mol. The smallest absolute Gasteiger partial charge is 0.338 e. The molecule has 7 nitrogen and oxygen atoms in total. The lowest BCUT2D eigenvalue weighted by Gasteiger charge is -2.29. The first-order valence-corrected chi connectivity index (χ1v) is 11.4. The molecule has 0 amide bonds. The minimum Gasteiger partial charge on any atom is -0.496 e. The van der Waals surface area contributed by atoms with Gasteiger partial charge in [0.2, 0.25) is 11.1 Å². The third-order valence-corrected chi connectivity index (χ3v) is 5.76. The molecule has 0 saturated carbocycles. The third kappa shape index (κ3) is 4.61. The van der Waals surface area contributed by atoms with Crippen molar-refractivity contribution in [2.75, 3.05) is 24.8 Å². The molecule has 0 radical (unpaired) electrons. The number of hydrogen-bond acceptors (Lipinski definition) is 7. The molecule has 0 aliphatic carbocycles. The van der Waals surface area contributed by atoms with Gasteiger partial charge in [-0.05, 0) is 37.3 Å². The van der Waals surface area contributed by atoms with Crippen LogP contribution in [-0.4, -0.2) is 40.2 Å². The van der Waals surface area contributed by atoms with E-state index in [9.17, 15) is 4.79 Å². The van der Waals surface area contributed by atoms with Crippen LogP contribution in [0.2, 0.25) is 0 Å². The standard InChI is InChI=1S/C20H25BrN4O3S/c1-5-7-10-28-18(26)16-12(3)22-19-23-20(29-6-2)24-25(19)17(16)14-11-13(21)8-9-15(14)27-4/h8-9,11,17H,5-7,10H2,1-4H3,(H,22,23,24). The van der Waals surface area contributed by atoms with Crippen molar-refractivity contribution in [1.29, 1.82) is 0 Å². The second-order valence-electron chi connectivity index (χ2n) is 6.54. The molecular weight excluding hydrogens is 456 g/mol. The van der Waals surface area contributed by atoms with Gasteiger partial charge in [0.1, 0.15) is 11.8 Å². The highest BCUT2D eigenvalue weighted by Gasteiger charge is 2.37. The fourth-order valence-electron chi connectivity index (χ4n) is 3.18. The molecule has 1 atom stereocenters. The van der Waals surface area contributed by atoms with Gasteiger partial charge >= 0.3 is 5.97 Å². The molecule has 2 aromatic rings. The number of anilines is 1. The average molecular weight is 481 g/mol. The number of hydrogen-bond donors (Lipinski definition) is 1. The van der Waals surface area contributed by atoms with Gasteiger partial charge in [-0.1, -0.05) is 48.0 Å². The highest BCUT2D eigenvalue weighted by Crippen LogP contribution is 2.41. The number of halogens is 1. The Balaban J connectivity index is 2.13. The van der Waals surface area contributed by atoms with E-state index in [0.717, 1.165) is 28.6 Å². The van der Waals surface area contributed by atoms with Gasteiger partial charge in [-0.15, -0.1) is 5.10 Å². The predicted molar refractivity (Wildman–Crippen MR) is 117 cm³/mol. The maximum atomic E-state index is 13.1. The van der Waals surface area contributed by atoms with Crippen LogP contribution >= 0.6 is 27.7 Å². The van der Waals surface area contributed by atoms with Crippen molar-refractivity contribution in [2.24, 2.45) is 0 Å². The van der Waals surface area contributed by atoms with Crippen LogP contribution in [0.15, 0.2) is 39.1 Å². The minimum absolute atomic E-state index is 0.360. The number of unbranched alkanes of at least 4 members (excludes halogenated alkanes) is 1. The van der Waals surface area contributed by atoms with E-state index in [0.29, 0.717) is 34.7 Å². The summed E-state index contributed by atoms with van der Waals surface area (Å²) >= 11 is 5.08. The van der Waals surface area contributed by atoms with Crippen LogP contribution < -0.4 is 10.1 Å². The Morgan fingerprint density at radius 1 is 1.38 bits per heavy atom. The van der Waals surface area contributed by atoms with E-state index in [1.165, 1.54) is 0 Å². The largest absolute Gasteiger partial charge is 0.496 e. The minimum atomic E-state index is -0.508. The van der Waals surface area contributed by atoms with E-state index in [1.54, 1.807) is 23.6 Å². The van der Waals surface area contributed by atoms with Crippen LogP contribution in [0, 0.1) is 0 Å². The quantitative estimate of drug-likeness (QED) is 0.330. The number of thioether (sulfide) groups is 1. The Hall–Kier alpha value is -2.00. The highest BCUT2D eigenvalue weighted by atomic mass is 79.9. The molecule has 1 aliphatic heterocycles. The number of methoxy groups -OCH3 is 1. The summed E-state index contributed by atoms with van der Waals surface area (Å²) < 4.78 is 13.8. The molecule has 1 N–H and O–H groups in total. The van der Waals surface area contributed by atoms with Crippen LogP contribution in [0.25, 0.3) is 0 Å². The molecule has 1 unspecified atom stereocenters. The molecule has 0 saturated heterocycles. The van der Waals surface area contributed by atoms with Crippen LogP contribution in [0.4, 0.5) is 5.95 Å². The first-order valence-electron chi connectivity index (χ1n) is 9.57. The number of benzene rings is 1. The number of carbonyl (C=O) groups is 1. The molecule has 2 heterocycles. The van der Waals surface area contributed by atoms with E-state index >= 15 is 0 Å². The second kappa shape index (κ2) is 9.67. The van der Waals surface area contributed by atoms with Gasteiger partial charge in [-0.25, -0.2) is 9.48 Å². The zero-order chi connectivity index (χ0) is 21.0. The lowest BCUT2D eigenvalue weighted by molar-refractivity contribution is -0.139. The normalized spacial score (nSPS) is 15.7. The van der Waals surface area contributed by atoms with Crippen molar-refractivity contribution in [3.05, 3.63) is 39.5 Å². The van der Waals surface area contributed by atoms with E-state index in [2.05, 4.69) is 38.3 Å². The number of aromatic nitrogens is 3. The summed E-state index contributed by atoms with van der Waals surface area (Å²) in [7, 11) is 1.62. The van der Waals surface area contributed by atoms with Gasteiger partial charge < -0.3 is 14.8 Å². The lowest BCUT2D eigenvalue weighted by atomic mass is 9.95. The summed E-state index contributed by atoms with van der Waals surface area (Å²) in [5.74, 6) is 1.75. The number of nitrogens with zero attached hydrogens (tertiary/aromatic N) is 3. The zero-order valence-corrected chi connectivity index (χ0v) is 19.4. The first kappa shape index (κ1) is 21.7. The van der Waals surface area contributed by atoms with Crippen LogP contribution in [0.5, 0.6) is 5.75 Å². The van der Waals surface area contributed by atoms with Gasteiger partial charge in [0.05, 0.1) is 19.3 Å². The van der Waals surface area contributed by atoms with Crippen LogP contribution in [0.3, 0.4) is 0 Å². The Bertz CT molecular complexity index is 928. The molecule has 0 spiro atoms. The van der Waals surface area contributed by atoms with Crippen LogP contribution in [-0.2, 0) is 9.53 Å². The molecule has 0 fully saturated rings. The number of ether oxygens (including phenoxy) is 2. The number of fused-ring (bicyclic) bond motifs is 1. The first-order chi connectivity index (χ1) is 14.0. The summed E-state index contributed by atoms with van der Waals surface area (Å²) in [5, 5.41) is 8.53. The summed E-state index contributed by atoms with van der Waals surface area (Å²) in [6, 6.07) is 5.21. The average Bonchev–Trinajstić information content (AvgIpc) is 3.09. The fourth-order valence-corrected chi connectivity index (χ4v) is 4.11. The SMILES string of the molecule is CCCCOC(=O)C1=C(C)Nc2nc(SCC)nn2C1c1cc(Br)ccc1OC. The van der Waals surface area contributed by atoms with Gasteiger partial charge in [0.25, 0.3) is 0 Å². The maximum absolute atomic E-state index is 13.1. The molecule has 1 aliphatic rings. The van der Waals surface area contributed by atoms with E-state index in [-0.39, 0.29) is 5.97 Å². The van der Waals surface area contributed by atoms with Gasteiger partial charge in [0.15, 0.2) is 0 Å². The molecule has 3 rings (SSSR count). The van der Waals surface area contributed by atoms with Crippen molar-refractivity contribution in [3.8, 4) is 5.75 Å². The van der Waals surface area contributed by atoms with Gasteiger partial charge in [-0.2, -0.15) is 4.98 Å². The summed E-state index contributed by atoms with van der Waals surface area (Å²) in [6.45, 7) is 6.35. The van der Waals surface area contributed by atoms with Crippen molar-refractivity contribution >= 4 is 39.6 Å². The highest BCUT2D eigenvalue weighted by molar-refractivity contribution is 9.10. The van der Waals surface area contributed by atoms with Crippen molar-refractivity contribution < 1.29 is 14.3 Å². The van der Waals surface area contributed by atoms with E-state index in [1.807, 2.05) is 32.0 Å². The molecule has 0 bridgehead atoms. The second-order valence-corrected chi connectivity index (χ2v) is 8.68. The predicted octanol–water partition coefficient (Wildman–Crippen LogP) is 4.79. The Kier molecular flexibility index (Phi) is 7.23. The maximum Gasteiger partial charge on any atom is 0.338 e. The number of allylic oxidation sites excluding steroid dienone is 1. The molecule has 1 aromatic carbocycles. The molecular formula is C20H25BrN4O3S.